The fourth-order valence-electron chi connectivity index (χ4n) is 1.88. The lowest BCUT2D eigenvalue weighted by molar-refractivity contribution is -0.137. The summed E-state index contributed by atoms with van der Waals surface area (Å²) in [6.07, 6.45) is 0.415. The summed E-state index contributed by atoms with van der Waals surface area (Å²) in [4.78, 5) is 21.9. The number of ether oxygens (including phenoxy) is 1. The highest BCUT2D eigenvalue weighted by Gasteiger charge is 2.11. The number of carboxylic acid groups (broad SMARTS) is 1. The van der Waals surface area contributed by atoms with E-state index >= 15 is 0 Å². The van der Waals surface area contributed by atoms with Gasteiger partial charge in [0.25, 0.3) is 0 Å². The molecular formula is C14H18O4. The van der Waals surface area contributed by atoms with Crippen molar-refractivity contribution in [3.05, 3.63) is 28.8 Å². The number of esters is 1. The number of aryl methyl sites for hydroxylation is 3. The number of hydrogen-bond acceptors (Lipinski definition) is 3. The van der Waals surface area contributed by atoms with Crippen molar-refractivity contribution in [2.75, 3.05) is 0 Å². The molecule has 0 heterocycles. The van der Waals surface area contributed by atoms with Gasteiger partial charge < -0.3 is 9.84 Å². The van der Waals surface area contributed by atoms with Gasteiger partial charge in [0.15, 0.2) is 0 Å². The number of carbonyl (C=O) groups is 2. The molecule has 98 valence electrons. The van der Waals surface area contributed by atoms with Crippen molar-refractivity contribution < 1.29 is 19.4 Å². The zero-order chi connectivity index (χ0) is 13.7. The molecular weight excluding hydrogens is 232 g/mol. The van der Waals surface area contributed by atoms with Crippen molar-refractivity contribution in [3.63, 3.8) is 0 Å². The molecule has 0 bridgehead atoms. The highest BCUT2D eigenvalue weighted by Crippen LogP contribution is 2.25. The maximum atomic E-state index is 11.6. The minimum absolute atomic E-state index is 0.0129. The van der Waals surface area contributed by atoms with E-state index in [1.165, 1.54) is 0 Å². The molecule has 0 fully saturated rings. The van der Waals surface area contributed by atoms with E-state index in [0.29, 0.717) is 12.2 Å². The van der Waals surface area contributed by atoms with Gasteiger partial charge in [-0.2, -0.15) is 0 Å². The van der Waals surface area contributed by atoms with E-state index in [4.69, 9.17) is 9.84 Å². The SMILES string of the molecule is Cc1cc(C)c(OC(=O)CCCC(=O)O)c(C)c1. The molecule has 0 aromatic heterocycles. The molecule has 1 aromatic carbocycles. The zero-order valence-corrected chi connectivity index (χ0v) is 10.9. The van der Waals surface area contributed by atoms with Crippen molar-refractivity contribution in [2.24, 2.45) is 0 Å². The first-order valence-corrected chi connectivity index (χ1v) is 5.90. The number of rotatable bonds is 5. The van der Waals surface area contributed by atoms with E-state index in [1.807, 2.05) is 32.9 Å². The van der Waals surface area contributed by atoms with Crippen LogP contribution in [0.3, 0.4) is 0 Å². The van der Waals surface area contributed by atoms with Crippen LogP contribution in [0.2, 0.25) is 0 Å². The Morgan fingerprint density at radius 1 is 1.11 bits per heavy atom. The topological polar surface area (TPSA) is 63.6 Å². The smallest absolute Gasteiger partial charge is 0.311 e. The summed E-state index contributed by atoms with van der Waals surface area (Å²) in [6.45, 7) is 5.76. The Hall–Kier alpha value is -1.84. The number of carbonyl (C=O) groups excluding carboxylic acids is 1. The van der Waals surface area contributed by atoms with Crippen LogP contribution in [0.1, 0.15) is 36.0 Å². The van der Waals surface area contributed by atoms with Gasteiger partial charge in [-0.25, -0.2) is 0 Å². The average Bonchev–Trinajstić information content (AvgIpc) is 2.22. The lowest BCUT2D eigenvalue weighted by atomic mass is 10.1. The van der Waals surface area contributed by atoms with E-state index in [0.717, 1.165) is 16.7 Å². The van der Waals surface area contributed by atoms with Gasteiger partial charge in [-0.3, -0.25) is 9.59 Å². The summed E-state index contributed by atoms with van der Waals surface area (Å²) < 4.78 is 5.28. The molecule has 1 aromatic rings. The van der Waals surface area contributed by atoms with Gasteiger partial charge in [0.05, 0.1) is 0 Å². The molecule has 0 aliphatic heterocycles. The lowest BCUT2D eigenvalue weighted by Crippen LogP contribution is -2.10. The largest absolute Gasteiger partial charge is 0.481 e. The molecule has 0 saturated carbocycles. The third kappa shape index (κ3) is 4.20. The van der Waals surface area contributed by atoms with Crippen LogP contribution in [0.4, 0.5) is 0 Å². The molecule has 1 rings (SSSR count). The maximum Gasteiger partial charge on any atom is 0.311 e. The Morgan fingerprint density at radius 2 is 1.67 bits per heavy atom. The molecule has 0 atom stereocenters. The number of carboxylic acids is 1. The van der Waals surface area contributed by atoms with Crippen molar-refractivity contribution in [1.82, 2.24) is 0 Å². The van der Waals surface area contributed by atoms with Crippen LogP contribution in [-0.4, -0.2) is 17.0 Å². The second-order valence-electron chi connectivity index (χ2n) is 4.45. The van der Waals surface area contributed by atoms with Gasteiger partial charge in [0.1, 0.15) is 5.75 Å². The van der Waals surface area contributed by atoms with Gasteiger partial charge in [0, 0.05) is 12.8 Å². The standard InChI is InChI=1S/C14H18O4/c1-9-7-10(2)14(11(3)8-9)18-13(17)6-4-5-12(15)16/h7-8H,4-6H2,1-3H3,(H,15,16). The molecule has 0 aliphatic rings. The summed E-state index contributed by atoms with van der Waals surface area (Å²) in [5.74, 6) is -0.697. The predicted octanol–water partition coefficient (Wildman–Crippen LogP) is 2.77. The molecule has 0 aliphatic carbocycles. The molecule has 18 heavy (non-hydrogen) atoms. The average molecular weight is 250 g/mol. The van der Waals surface area contributed by atoms with Crippen LogP contribution in [0.5, 0.6) is 5.75 Å². The number of aliphatic carboxylic acids is 1. The molecule has 1 N–H and O–H groups in total. The van der Waals surface area contributed by atoms with Crippen LogP contribution < -0.4 is 4.74 Å². The van der Waals surface area contributed by atoms with Gasteiger partial charge in [-0.1, -0.05) is 17.7 Å². The number of benzene rings is 1. The third-order valence-corrected chi connectivity index (χ3v) is 2.59. The Bertz CT molecular complexity index is 440. The van der Waals surface area contributed by atoms with Crippen LogP contribution in [0.25, 0.3) is 0 Å². The van der Waals surface area contributed by atoms with Crippen molar-refractivity contribution >= 4 is 11.9 Å². The Morgan fingerprint density at radius 3 is 2.17 bits per heavy atom. The summed E-state index contributed by atoms with van der Waals surface area (Å²) in [5, 5.41) is 8.48. The number of hydrogen-bond donors (Lipinski definition) is 1. The first-order valence-electron chi connectivity index (χ1n) is 5.90. The Kier molecular flexibility index (Phi) is 4.89. The summed E-state index contributed by atoms with van der Waals surface area (Å²) >= 11 is 0. The first kappa shape index (κ1) is 14.2. The predicted molar refractivity (Wildman–Crippen MR) is 67.8 cm³/mol. The third-order valence-electron chi connectivity index (χ3n) is 2.59. The monoisotopic (exact) mass is 250 g/mol. The fraction of sp³-hybridized carbons (Fsp3) is 0.429. The second kappa shape index (κ2) is 6.19. The minimum Gasteiger partial charge on any atom is -0.481 e. The Labute approximate surface area is 107 Å². The second-order valence-corrected chi connectivity index (χ2v) is 4.45. The summed E-state index contributed by atoms with van der Waals surface area (Å²) in [5.41, 5.74) is 2.95. The molecule has 4 heteroatoms. The van der Waals surface area contributed by atoms with Crippen molar-refractivity contribution in [1.29, 1.82) is 0 Å². The van der Waals surface area contributed by atoms with E-state index in [1.54, 1.807) is 0 Å². The maximum absolute atomic E-state index is 11.6. The van der Waals surface area contributed by atoms with Crippen LogP contribution in [0.15, 0.2) is 12.1 Å². The van der Waals surface area contributed by atoms with Crippen LogP contribution in [-0.2, 0) is 9.59 Å². The van der Waals surface area contributed by atoms with E-state index in [-0.39, 0.29) is 18.8 Å². The van der Waals surface area contributed by atoms with E-state index < -0.39 is 5.97 Å². The Balaban J connectivity index is 2.62. The molecule has 0 spiro atoms. The van der Waals surface area contributed by atoms with Gasteiger partial charge in [0.2, 0.25) is 0 Å². The summed E-state index contributed by atoms with van der Waals surface area (Å²) in [6, 6.07) is 3.90. The van der Waals surface area contributed by atoms with Gasteiger partial charge in [-0.15, -0.1) is 0 Å². The highest BCUT2D eigenvalue weighted by molar-refractivity contribution is 5.74. The van der Waals surface area contributed by atoms with E-state index in [2.05, 4.69) is 0 Å². The zero-order valence-electron chi connectivity index (χ0n) is 10.9. The molecule has 4 nitrogen and oxygen atoms in total. The molecule has 0 amide bonds. The van der Waals surface area contributed by atoms with Crippen LogP contribution >= 0.6 is 0 Å². The molecule has 0 unspecified atom stereocenters. The quantitative estimate of drug-likeness (QED) is 0.644. The van der Waals surface area contributed by atoms with Gasteiger partial charge in [-0.05, 0) is 38.3 Å². The van der Waals surface area contributed by atoms with Crippen LogP contribution in [0, 0.1) is 20.8 Å². The van der Waals surface area contributed by atoms with Gasteiger partial charge >= 0.3 is 11.9 Å². The van der Waals surface area contributed by atoms with E-state index in [9.17, 15) is 9.59 Å². The fourth-order valence-corrected chi connectivity index (χ4v) is 1.88. The lowest BCUT2D eigenvalue weighted by Gasteiger charge is -2.11. The normalized spacial score (nSPS) is 10.2. The molecule has 0 radical (unpaired) electrons. The first-order chi connectivity index (χ1) is 8.40. The van der Waals surface area contributed by atoms with Crippen molar-refractivity contribution in [3.8, 4) is 5.75 Å². The summed E-state index contributed by atoms with van der Waals surface area (Å²) in [7, 11) is 0. The van der Waals surface area contributed by atoms with Crippen molar-refractivity contribution in [2.45, 2.75) is 40.0 Å². The highest BCUT2D eigenvalue weighted by atomic mass is 16.5. The minimum atomic E-state index is -0.898. The molecule has 0 saturated heterocycles.